The van der Waals surface area contributed by atoms with Crippen molar-refractivity contribution in [2.45, 2.75) is 23.0 Å². The predicted molar refractivity (Wildman–Crippen MR) is 105 cm³/mol. The number of hydrogen-bond donors (Lipinski definition) is 2. The molecular weight excluding hydrogens is 362 g/mol. The SMILES string of the molecule is COc1cc2nccc(Oc3ccc(S(=N)(=N)C4CC4)cc3)c2cc1OC. The van der Waals surface area contributed by atoms with Crippen LogP contribution in [0.4, 0.5) is 0 Å². The van der Waals surface area contributed by atoms with Crippen molar-refractivity contribution in [2.75, 3.05) is 14.2 Å². The zero-order valence-corrected chi connectivity index (χ0v) is 16.0. The number of fused-ring (bicyclic) bond motifs is 1. The lowest BCUT2D eigenvalue weighted by Crippen LogP contribution is -2.02. The zero-order chi connectivity index (χ0) is 19.0. The van der Waals surface area contributed by atoms with E-state index < -0.39 is 9.62 Å². The monoisotopic (exact) mass is 383 g/mol. The minimum Gasteiger partial charge on any atom is -0.493 e. The van der Waals surface area contributed by atoms with Crippen LogP contribution in [0.15, 0.2) is 53.6 Å². The third-order valence-corrected chi connectivity index (χ3v) is 7.14. The van der Waals surface area contributed by atoms with Gasteiger partial charge in [-0.2, -0.15) is 0 Å². The summed E-state index contributed by atoms with van der Waals surface area (Å²) in [6.07, 6.45) is 3.68. The van der Waals surface area contributed by atoms with Gasteiger partial charge in [-0.25, -0.2) is 0 Å². The van der Waals surface area contributed by atoms with Gasteiger partial charge >= 0.3 is 0 Å². The lowest BCUT2D eigenvalue weighted by molar-refractivity contribution is 0.355. The number of nitrogens with one attached hydrogen (secondary N) is 2. The van der Waals surface area contributed by atoms with Gasteiger partial charge in [-0.3, -0.25) is 14.5 Å². The Morgan fingerprint density at radius 3 is 2.22 bits per heavy atom. The van der Waals surface area contributed by atoms with E-state index in [1.54, 1.807) is 26.5 Å². The summed E-state index contributed by atoms with van der Waals surface area (Å²) >= 11 is 0. The fourth-order valence-electron chi connectivity index (χ4n) is 3.00. The summed E-state index contributed by atoms with van der Waals surface area (Å²) in [4.78, 5) is 5.16. The maximum Gasteiger partial charge on any atom is 0.162 e. The number of hydrogen-bond acceptors (Lipinski definition) is 6. The third-order valence-electron chi connectivity index (χ3n) is 4.65. The van der Waals surface area contributed by atoms with Crippen LogP contribution in [0.5, 0.6) is 23.0 Å². The molecule has 4 rings (SSSR count). The average molecular weight is 383 g/mol. The Kier molecular flexibility index (Phi) is 4.39. The van der Waals surface area contributed by atoms with E-state index in [-0.39, 0.29) is 5.25 Å². The van der Waals surface area contributed by atoms with Gasteiger partial charge in [-0.1, -0.05) is 0 Å². The molecule has 0 unspecified atom stereocenters. The number of benzene rings is 2. The largest absolute Gasteiger partial charge is 0.493 e. The maximum absolute atomic E-state index is 8.34. The second kappa shape index (κ2) is 6.74. The highest BCUT2D eigenvalue weighted by molar-refractivity contribution is 7.94. The number of ether oxygens (including phenoxy) is 3. The molecule has 1 aromatic heterocycles. The lowest BCUT2D eigenvalue weighted by Gasteiger charge is -2.13. The maximum atomic E-state index is 8.34. The summed E-state index contributed by atoms with van der Waals surface area (Å²) < 4.78 is 33.5. The summed E-state index contributed by atoms with van der Waals surface area (Å²) in [6, 6.07) is 12.8. The van der Waals surface area contributed by atoms with E-state index in [1.165, 1.54) is 0 Å². The Morgan fingerprint density at radius 1 is 0.926 bits per heavy atom. The van der Waals surface area contributed by atoms with Gasteiger partial charge in [-0.05, 0) is 58.9 Å². The molecule has 1 aliphatic rings. The molecule has 2 N–H and O–H groups in total. The Bertz CT molecular complexity index is 1090. The smallest absolute Gasteiger partial charge is 0.162 e. The highest BCUT2D eigenvalue weighted by atomic mass is 32.2. The average Bonchev–Trinajstić information content (AvgIpc) is 3.53. The van der Waals surface area contributed by atoms with Crippen LogP contribution in [-0.4, -0.2) is 24.5 Å². The van der Waals surface area contributed by atoms with Gasteiger partial charge in [0.1, 0.15) is 11.5 Å². The molecular formula is C20H21N3O3S. The number of nitrogens with zero attached hydrogens (tertiary/aromatic N) is 1. The van der Waals surface area contributed by atoms with Crippen LogP contribution in [-0.2, 0) is 9.62 Å². The van der Waals surface area contributed by atoms with Crippen LogP contribution >= 0.6 is 0 Å². The lowest BCUT2D eigenvalue weighted by atomic mass is 10.2. The zero-order valence-electron chi connectivity index (χ0n) is 15.2. The number of aromatic nitrogens is 1. The van der Waals surface area contributed by atoms with E-state index in [4.69, 9.17) is 23.8 Å². The molecule has 3 aromatic rings. The summed E-state index contributed by atoms with van der Waals surface area (Å²) in [5, 5.41) is 1.04. The Morgan fingerprint density at radius 2 is 1.59 bits per heavy atom. The van der Waals surface area contributed by atoms with Gasteiger partial charge in [0.2, 0.25) is 0 Å². The van der Waals surface area contributed by atoms with Crippen LogP contribution in [0.25, 0.3) is 10.9 Å². The van der Waals surface area contributed by atoms with E-state index >= 15 is 0 Å². The number of methoxy groups -OCH3 is 2. The fourth-order valence-corrected chi connectivity index (χ4v) is 4.79. The fraction of sp³-hybridized carbons (Fsp3) is 0.250. The highest BCUT2D eigenvalue weighted by Crippen LogP contribution is 2.38. The molecule has 1 aliphatic carbocycles. The quantitative estimate of drug-likeness (QED) is 0.609. The van der Waals surface area contributed by atoms with Gasteiger partial charge in [0.25, 0.3) is 0 Å². The van der Waals surface area contributed by atoms with E-state index in [1.807, 2.05) is 36.4 Å². The highest BCUT2D eigenvalue weighted by Gasteiger charge is 2.30. The first-order valence-electron chi connectivity index (χ1n) is 8.63. The Hall–Kier alpha value is -2.80. The molecule has 0 radical (unpaired) electrons. The first-order valence-corrected chi connectivity index (χ1v) is 10.3. The molecule has 1 saturated carbocycles. The summed E-state index contributed by atoms with van der Waals surface area (Å²) in [6.45, 7) is 0. The summed E-state index contributed by atoms with van der Waals surface area (Å²) in [5.41, 5.74) is 0.747. The van der Waals surface area contributed by atoms with Crippen LogP contribution in [0, 0.1) is 9.56 Å². The topological polar surface area (TPSA) is 88.3 Å². The molecule has 0 aliphatic heterocycles. The Balaban J connectivity index is 1.67. The molecule has 0 spiro atoms. The first-order chi connectivity index (χ1) is 13.0. The predicted octanol–water partition coefficient (Wildman–Crippen LogP) is 5.24. The standard InChI is InChI=1S/C20H21N3O3S/c1-24-19-11-16-17(12-20(19)25-2)23-10-9-18(16)26-13-3-5-14(6-4-13)27(21,22)15-7-8-15/h3-6,9-12,15,21-22H,7-8H2,1-2H3. The van der Waals surface area contributed by atoms with Gasteiger partial charge in [-0.15, -0.1) is 0 Å². The molecule has 140 valence electrons. The van der Waals surface area contributed by atoms with Gasteiger partial charge in [0.05, 0.1) is 19.7 Å². The van der Waals surface area contributed by atoms with Crippen molar-refractivity contribution in [2.24, 2.45) is 0 Å². The van der Waals surface area contributed by atoms with Crippen LogP contribution in [0.1, 0.15) is 12.8 Å². The molecule has 1 heterocycles. The first kappa shape index (κ1) is 17.6. The van der Waals surface area contributed by atoms with E-state index in [9.17, 15) is 0 Å². The van der Waals surface area contributed by atoms with E-state index in [0.29, 0.717) is 23.0 Å². The molecule has 1 fully saturated rings. The van der Waals surface area contributed by atoms with Gasteiger partial charge < -0.3 is 14.2 Å². The molecule has 0 bridgehead atoms. The summed E-state index contributed by atoms with van der Waals surface area (Å²) in [5.74, 6) is 2.54. The van der Waals surface area contributed by atoms with Crippen molar-refractivity contribution < 1.29 is 14.2 Å². The van der Waals surface area contributed by atoms with Crippen LogP contribution in [0.2, 0.25) is 0 Å². The van der Waals surface area contributed by atoms with Crippen LogP contribution in [0.3, 0.4) is 0 Å². The minimum absolute atomic E-state index is 0.218. The van der Waals surface area contributed by atoms with Gasteiger partial charge in [0.15, 0.2) is 11.5 Å². The molecule has 6 nitrogen and oxygen atoms in total. The van der Waals surface area contributed by atoms with Crippen molar-refractivity contribution in [1.29, 1.82) is 9.56 Å². The van der Waals surface area contributed by atoms with Crippen molar-refractivity contribution in [3.05, 3.63) is 48.7 Å². The number of rotatable bonds is 6. The second-order valence-electron chi connectivity index (χ2n) is 6.47. The van der Waals surface area contributed by atoms with Crippen LogP contribution < -0.4 is 14.2 Å². The normalized spacial score (nSPS) is 14.1. The molecule has 7 heteroatoms. The molecule has 0 atom stereocenters. The molecule has 27 heavy (non-hydrogen) atoms. The third kappa shape index (κ3) is 3.30. The molecule has 0 amide bonds. The Labute approximate surface area is 158 Å². The van der Waals surface area contributed by atoms with E-state index in [2.05, 4.69) is 4.98 Å². The van der Waals surface area contributed by atoms with Crippen molar-refractivity contribution in [3.63, 3.8) is 0 Å². The summed E-state index contributed by atoms with van der Waals surface area (Å²) in [7, 11) is 0.981. The molecule has 2 aromatic carbocycles. The van der Waals surface area contributed by atoms with Crippen molar-refractivity contribution in [1.82, 2.24) is 4.98 Å². The van der Waals surface area contributed by atoms with Crippen molar-refractivity contribution >= 4 is 20.5 Å². The van der Waals surface area contributed by atoms with Gasteiger partial charge in [0, 0.05) is 27.8 Å². The molecule has 0 saturated heterocycles. The van der Waals surface area contributed by atoms with Crippen molar-refractivity contribution in [3.8, 4) is 23.0 Å². The second-order valence-corrected chi connectivity index (χ2v) is 8.92. The minimum atomic E-state index is -2.20. The van der Waals surface area contributed by atoms with E-state index in [0.717, 1.165) is 28.6 Å². The number of pyridine rings is 1.